The largest absolute Gasteiger partial charge is 0.319 e. The Balaban J connectivity index is 2.28. The van der Waals surface area contributed by atoms with Gasteiger partial charge in [-0.3, -0.25) is 0 Å². The first-order valence-electron chi connectivity index (χ1n) is 6.94. The molecule has 1 nitrogen and oxygen atoms in total. The predicted molar refractivity (Wildman–Crippen MR) is 65.7 cm³/mol. The number of nitrogens with zero attached hydrogens (tertiary/aromatic N) is 1. The summed E-state index contributed by atoms with van der Waals surface area (Å²) in [5.41, 5.74) is 0. The first kappa shape index (κ1) is 11.4. The van der Waals surface area contributed by atoms with E-state index in [9.17, 15) is 0 Å². The van der Waals surface area contributed by atoms with Crippen molar-refractivity contribution in [3.8, 4) is 0 Å². The van der Waals surface area contributed by atoms with Gasteiger partial charge in [0.25, 0.3) is 0 Å². The summed E-state index contributed by atoms with van der Waals surface area (Å²) >= 11 is 0. The average Bonchev–Trinajstić information content (AvgIpc) is 2.70. The lowest BCUT2D eigenvalue weighted by atomic mass is 9.95. The van der Waals surface area contributed by atoms with Gasteiger partial charge in [-0.25, -0.2) is 0 Å². The molecule has 0 amide bonds. The van der Waals surface area contributed by atoms with Gasteiger partial charge >= 0.3 is 0 Å². The summed E-state index contributed by atoms with van der Waals surface area (Å²) in [6, 6.07) is 1.79. The smallest absolute Gasteiger partial charge is 0.0889 e. The zero-order chi connectivity index (χ0) is 11.1. The second kappa shape index (κ2) is 4.08. The summed E-state index contributed by atoms with van der Waals surface area (Å²) < 4.78 is 1.45. The third kappa shape index (κ3) is 1.73. The van der Waals surface area contributed by atoms with Gasteiger partial charge in [-0.15, -0.1) is 0 Å². The summed E-state index contributed by atoms with van der Waals surface area (Å²) in [5.74, 6) is 1.85. The first-order chi connectivity index (χ1) is 7.08. The summed E-state index contributed by atoms with van der Waals surface area (Å²) in [6.45, 7) is 12.9. The van der Waals surface area contributed by atoms with Crippen molar-refractivity contribution in [2.75, 3.05) is 13.1 Å². The first-order valence-corrected chi connectivity index (χ1v) is 6.94. The molecular formula is C14H28N+. The van der Waals surface area contributed by atoms with Crippen LogP contribution in [0.5, 0.6) is 0 Å². The number of hydrogen-bond donors (Lipinski definition) is 0. The summed E-state index contributed by atoms with van der Waals surface area (Å²) in [6.07, 6.45) is 5.83. The third-order valence-corrected chi connectivity index (χ3v) is 5.75. The minimum atomic E-state index is 0.896. The van der Waals surface area contributed by atoms with Crippen LogP contribution < -0.4 is 0 Å². The van der Waals surface area contributed by atoms with E-state index in [1.54, 1.807) is 0 Å². The second-order valence-corrected chi connectivity index (χ2v) is 6.27. The molecule has 15 heavy (non-hydrogen) atoms. The van der Waals surface area contributed by atoms with Crippen LogP contribution in [0.15, 0.2) is 0 Å². The Morgan fingerprint density at radius 2 is 1.13 bits per heavy atom. The van der Waals surface area contributed by atoms with E-state index in [1.165, 1.54) is 43.3 Å². The molecule has 0 aliphatic carbocycles. The molecular weight excluding hydrogens is 182 g/mol. The van der Waals surface area contributed by atoms with Gasteiger partial charge in [0.15, 0.2) is 0 Å². The normalized spacial score (nSPS) is 45.6. The van der Waals surface area contributed by atoms with E-state index >= 15 is 0 Å². The molecule has 0 N–H and O–H groups in total. The van der Waals surface area contributed by atoms with Gasteiger partial charge in [0.05, 0.1) is 25.2 Å². The second-order valence-electron chi connectivity index (χ2n) is 6.27. The van der Waals surface area contributed by atoms with Crippen molar-refractivity contribution in [3.63, 3.8) is 0 Å². The zero-order valence-electron chi connectivity index (χ0n) is 11.0. The van der Waals surface area contributed by atoms with E-state index in [-0.39, 0.29) is 0 Å². The van der Waals surface area contributed by atoms with Crippen LogP contribution in [0.2, 0.25) is 0 Å². The lowest BCUT2D eigenvalue weighted by Crippen LogP contribution is -2.60. The van der Waals surface area contributed by atoms with Crippen molar-refractivity contribution in [2.45, 2.75) is 65.5 Å². The maximum atomic E-state index is 2.52. The fourth-order valence-electron chi connectivity index (χ4n) is 4.13. The standard InChI is InChI=1S/C14H28N/c1-11-7-8-12(2)14(4)15(13(11)3)9-5-6-10-15/h11-14H,5-10H2,1-4H3/q+1. The molecule has 4 atom stereocenters. The summed E-state index contributed by atoms with van der Waals surface area (Å²) in [7, 11) is 0. The average molecular weight is 210 g/mol. The molecule has 2 aliphatic heterocycles. The van der Waals surface area contributed by atoms with Gasteiger partial charge in [0.2, 0.25) is 0 Å². The van der Waals surface area contributed by atoms with Crippen LogP contribution in [-0.4, -0.2) is 29.7 Å². The highest BCUT2D eigenvalue weighted by Crippen LogP contribution is 2.39. The highest BCUT2D eigenvalue weighted by Gasteiger charge is 2.47. The molecule has 0 aromatic carbocycles. The van der Waals surface area contributed by atoms with Gasteiger partial charge in [-0.1, -0.05) is 13.8 Å². The van der Waals surface area contributed by atoms with Crippen LogP contribution in [0.3, 0.4) is 0 Å². The van der Waals surface area contributed by atoms with Crippen molar-refractivity contribution in [2.24, 2.45) is 11.8 Å². The molecule has 1 heteroatoms. The number of hydrogen-bond acceptors (Lipinski definition) is 0. The zero-order valence-corrected chi connectivity index (χ0v) is 11.0. The van der Waals surface area contributed by atoms with E-state index in [0.29, 0.717) is 0 Å². The van der Waals surface area contributed by atoms with Gasteiger partial charge in [-0.05, 0) is 26.7 Å². The highest BCUT2D eigenvalue weighted by atomic mass is 15.4. The molecule has 4 unspecified atom stereocenters. The number of quaternary nitrogens is 1. The van der Waals surface area contributed by atoms with Crippen LogP contribution >= 0.6 is 0 Å². The quantitative estimate of drug-likeness (QED) is 0.537. The fraction of sp³-hybridized carbons (Fsp3) is 1.00. The van der Waals surface area contributed by atoms with Gasteiger partial charge < -0.3 is 4.48 Å². The highest BCUT2D eigenvalue weighted by molar-refractivity contribution is 4.78. The Hall–Kier alpha value is -0.0400. The Bertz CT molecular complexity index is 199. The van der Waals surface area contributed by atoms with Crippen LogP contribution in [-0.2, 0) is 0 Å². The molecule has 2 fully saturated rings. The molecule has 88 valence electrons. The van der Waals surface area contributed by atoms with Crippen LogP contribution in [0, 0.1) is 11.8 Å². The maximum absolute atomic E-state index is 2.52. The Morgan fingerprint density at radius 1 is 0.733 bits per heavy atom. The SMILES string of the molecule is CC1CCC(C)C(C)[N+]2(CCCC2)C1C. The molecule has 2 saturated heterocycles. The van der Waals surface area contributed by atoms with E-state index in [2.05, 4.69) is 27.7 Å². The Morgan fingerprint density at radius 3 is 1.53 bits per heavy atom. The van der Waals surface area contributed by atoms with Crippen molar-refractivity contribution in [3.05, 3.63) is 0 Å². The monoisotopic (exact) mass is 210 g/mol. The van der Waals surface area contributed by atoms with Crippen molar-refractivity contribution in [1.82, 2.24) is 0 Å². The summed E-state index contributed by atoms with van der Waals surface area (Å²) in [4.78, 5) is 0. The molecule has 0 radical (unpaired) electrons. The van der Waals surface area contributed by atoms with Gasteiger partial charge in [-0.2, -0.15) is 0 Å². The van der Waals surface area contributed by atoms with Crippen molar-refractivity contribution < 1.29 is 4.48 Å². The minimum Gasteiger partial charge on any atom is -0.319 e. The van der Waals surface area contributed by atoms with E-state index in [1.807, 2.05) is 0 Å². The predicted octanol–water partition coefficient (Wildman–Crippen LogP) is 3.44. The molecule has 2 aliphatic rings. The summed E-state index contributed by atoms with van der Waals surface area (Å²) in [5, 5.41) is 0. The van der Waals surface area contributed by atoms with E-state index in [0.717, 1.165) is 23.9 Å². The molecule has 0 aromatic rings. The molecule has 2 heterocycles. The lowest BCUT2D eigenvalue weighted by molar-refractivity contribution is -0.964. The fourth-order valence-corrected chi connectivity index (χ4v) is 4.13. The van der Waals surface area contributed by atoms with Crippen molar-refractivity contribution in [1.29, 1.82) is 0 Å². The molecule has 0 aromatic heterocycles. The molecule has 1 spiro atoms. The lowest BCUT2D eigenvalue weighted by Gasteiger charge is -2.47. The number of rotatable bonds is 0. The topological polar surface area (TPSA) is 0 Å². The van der Waals surface area contributed by atoms with Crippen molar-refractivity contribution >= 4 is 0 Å². The Kier molecular flexibility index (Phi) is 3.12. The molecule has 0 bridgehead atoms. The molecule has 2 rings (SSSR count). The van der Waals surface area contributed by atoms with E-state index in [4.69, 9.17) is 0 Å². The minimum absolute atomic E-state index is 0.896. The van der Waals surface area contributed by atoms with Crippen LogP contribution in [0.25, 0.3) is 0 Å². The van der Waals surface area contributed by atoms with Gasteiger partial charge in [0, 0.05) is 24.7 Å². The maximum Gasteiger partial charge on any atom is 0.0889 e. The molecule has 0 saturated carbocycles. The van der Waals surface area contributed by atoms with Gasteiger partial charge in [0.1, 0.15) is 0 Å². The Labute approximate surface area is 95.4 Å². The van der Waals surface area contributed by atoms with E-state index < -0.39 is 0 Å². The van der Waals surface area contributed by atoms with Crippen LogP contribution in [0.1, 0.15) is 53.4 Å². The third-order valence-electron chi connectivity index (χ3n) is 5.75. The van der Waals surface area contributed by atoms with Crippen LogP contribution in [0.4, 0.5) is 0 Å².